The van der Waals surface area contributed by atoms with E-state index in [2.05, 4.69) is 51.3 Å². The minimum atomic E-state index is -0.0186. The second kappa shape index (κ2) is 38.6. The zero-order valence-electron chi connectivity index (χ0n) is 35.4. The van der Waals surface area contributed by atoms with Gasteiger partial charge in [-0.15, -0.1) is 0 Å². The topological polar surface area (TPSA) is 59.1 Å². The summed E-state index contributed by atoms with van der Waals surface area (Å²) >= 11 is 0. The van der Waals surface area contributed by atoms with E-state index < -0.39 is 0 Å². The molecule has 0 heterocycles. The molecule has 304 valence electrons. The van der Waals surface area contributed by atoms with Gasteiger partial charge in [0, 0.05) is 25.9 Å². The van der Waals surface area contributed by atoms with Crippen molar-refractivity contribution in [3.63, 3.8) is 0 Å². The maximum absolute atomic E-state index is 12.7. The van der Waals surface area contributed by atoms with Gasteiger partial charge in [0.05, 0.1) is 6.61 Å². The number of hydrogen-bond acceptors (Lipinski definition) is 6. The lowest BCUT2D eigenvalue weighted by molar-refractivity contribution is -0.150. The van der Waals surface area contributed by atoms with Gasteiger partial charge in [0.15, 0.2) is 0 Å². The third-order valence-corrected chi connectivity index (χ3v) is 10.7. The van der Waals surface area contributed by atoms with Crippen LogP contribution >= 0.6 is 0 Å². The molecule has 0 amide bonds. The summed E-state index contributed by atoms with van der Waals surface area (Å²) < 4.78 is 11.6. The van der Waals surface area contributed by atoms with Gasteiger partial charge in [-0.2, -0.15) is 0 Å². The van der Waals surface area contributed by atoms with E-state index in [1.165, 1.54) is 116 Å². The van der Waals surface area contributed by atoms with E-state index in [4.69, 9.17) is 9.47 Å². The van der Waals surface area contributed by atoms with Gasteiger partial charge in [0.1, 0.15) is 6.10 Å². The first-order valence-corrected chi connectivity index (χ1v) is 22.7. The van der Waals surface area contributed by atoms with Crippen LogP contribution in [-0.4, -0.2) is 73.7 Å². The summed E-state index contributed by atoms with van der Waals surface area (Å²) in [6.07, 6.45) is 32.5. The fraction of sp³-hybridized carbons (Fsp3) is 0.956. The number of carbonyl (C=O) groups excluding carboxylic acids is 2. The van der Waals surface area contributed by atoms with Crippen LogP contribution in [0.25, 0.3) is 0 Å². The van der Waals surface area contributed by atoms with Crippen molar-refractivity contribution < 1.29 is 19.1 Å². The fourth-order valence-electron chi connectivity index (χ4n) is 7.02. The average molecular weight is 723 g/mol. The Labute approximate surface area is 319 Å². The molecule has 2 atom stereocenters. The number of ether oxygens (including phenoxy) is 2. The lowest BCUT2D eigenvalue weighted by atomic mass is 10.0. The Morgan fingerprint density at radius 1 is 0.451 bits per heavy atom. The molecule has 0 fully saturated rings. The highest BCUT2D eigenvalue weighted by Gasteiger charge is 2.15. The molecule has 6 heteroatoms. The van der Waals surface area contributed by atoms with Crippen LogP contribution in [0.1, 0.15) is 221 Å². The van der Waals surface area contributed by atoms with Crippen molar-refractivity contribution >= 4 is 11.9 Å². The Morgan fingerprint density at radius 3 is 1.41 bits per heavy atom. The quantitative estimate of drug-likeness (QED) is 0.0463. The van der Waals surface area contributed by atoms with E-state index in [9.17, 15) is 9.59 Å². The molecule has 0 radical (unpaired) electrons. The molecule has 0 aromatic heterocycles. The van der Waals surface area contributed by atoms with Gasteiger partial charge in [-0.05, 0) is 89.9 Å². The van der Waals surface area contributed by atoms with E-state index in [1.54, 1.807) is 0 Å². The summed E-state index contributed by atoms with van der Waals surface area (Å²) in [5.74, 6) is 0.476. The van der Waals surface area contributed by atoms with Gasteiger partial charge in [0.25, 0.3) is 0 Å². The van der Waals surface area contributed by atoms with Crippen LogP contribution < -0.4 is 0 Å². The maximum atomic E-state index is 12.7. The highest BCUT2D eigenvalue weighted by molar-refractivity contribution is 5.69. The summed E-state index contributed by atoms with van der Waals surface area (Å²) in [6, 6.07) is 0. The van der Waals surface area contributed by atoms with E-state index >= 15 is 0 Å². The standard InChI is InChI=1S/C45H90N2O4/c1-7-12-15-18-21-27-34-43(33-26-17-14-9-3)51-45(49)36-28-22-19-23-30-37-47(40-39-46(10-4)11-5)38-31-24-29-35-44(48)50-41-42(6)32-25-20-16-13-8-2/h42-43H,7-41H2,1-6H3. The van der Waals surface area contributed by atoms with Crippen LogP contribution in [0.15, 0.2) is 0 Å². The number of rotatable bonds is 40. The third-order valence-electron chi connectivity index (χ3n) is 10.7. The lowest BCUT2D eigenvalue weighted by Crippen LogP contribution is -2.36. The summed E-state index contributed by atoms with van der Waals surface area (Å²) in [5, 5.41) is 0. The van der Waals surface area contributed by atoms with Gasteiger partial charge in [-0.3, -0.25) is 9.59 Å². The molecule has 0 aromatic rings. The van der Waals surface area contributed by atoms with Gasteiger partial charge in [-0.25, -0.2) is 0 Å². The highest BCUT2D eigenvalue weighted by atomic mass is 16.5. The Balaban J connectivity index is 4.31. The molecule has 0 rings (SSSR count). The molecule has 51 heavy (non-hydrogen) atoms. The van der Waals surface area contributed by atoms with Crippen molar-refractivity contribution in [3.05, 3.63) is 0 Å². The number of unbranched alkanes of at least 4 members (excludes halogenated alkanes) is 18. The van der Waals surface area contributed by atoms with Crippen molar-refractivity contribution in [2.24, 2.45) is 5.92 Å². The number of hydrogen-bond donors (Lipinski definition) is 0. The van der Waals surface area contributed by atoms with Gasteiger partial charge in [0.2, 0.25) is 0 Å². The van der Waals surface area contributed by atoms with E-state index in [0.717, 1.165) is 90.6 Å². The van der Waals surface area contributed by atoms with Crippen LogP contribution in [0.3, 0.4) is 0 Å². The molecule has 0 saturated heterocycles. The predicted octanol–water partition coefficient (Wildman–Crippen LogP) is 12.7. The Bertz CT molecular complexity index is 744. The minimum Gasteiger partial charge on any atom is -0.465 e. The normalized spacial score (nSPS) is 12.9. The van der Waals surface area contributed by atoms with Crippen molar-refractivity contribution in [2.75, 3.05) is 45.9 Å². The fourth-order valence-corrected chi connectivity index (χ4v) is 7.02. The van der Waals surface area contributed by atoms with E-state index in [-0.39, 0.29) is 18.0 Å². The molecular formula is C45H90N2O4. The van der Waals surface area contributed by atoms with Crippen LogP contribution in [0.5, 0.6) is 0 Å². The summed E-state index contributed by atoms with van der Waals surface area (Å²) in [5.41, 5.74) is 0. The largest absolute Gasteiger partial charge is 0.465 e. The smallest absolute Gasteiger partial charge is 0.306 e. The number of nitrogens with zero attached hydrogens (tertiary/aromatic N) is 2. The monoisotopic (exact) mass is 723 g/mol. The van der Waals surface area contributed by atoms with Crippen LogP contribution in [0.4, 0.5) is 0 Å². The van der Waals surface area contributed by atoms with Gasteiger partial charge in [-0.1, -0.05) is 151 Å². The molecule has 0 saturated carbocycles. The molecule has 0 spiro atoms. The Kier molecular flexibility index (Phi) is 37.7. The van der Waals surface area contributed by atoms with Crippen molar-refractivity contribution in [1.29, 1.82) is 0 Å². The average Bonchev–Trinajstić information content (AvgIpc) is 3.13. The molecule has 0 N–H and O–H groups in total. The summed E-state index contributed by atoms with van der Waals surface area (Å²) in [6.45, 7) is 20.7. The number of esters is 2. The molecule has 0 aliphatic carbocycles. The highest BCUT2D eigenvalue weighted by Crippen LogP contribution is 2.18. The molecule has 0 aliphatic rings. The summed E-state index contributed by atoms with van der Waals surface area (Å²) in [7, 11) is 0. The lowest BCUT2D eigenvalue weighted by Gasteiger charge is -2.26. The van der Waals surface area contributed by atoms with E-state index in [0.29, 0.717) is 25.4 Å². The third kappa shape index (κ3) is 34.4. The number of likely N-dealkylation sites (N-methyl/N-ethyl adjacent to an activating group) is 1. The zero-order valence-corrected chi connectivity index (χ0v) is 35.4. The van der Waals surface area contributed by atoms with Gasteiger partial charge >= 0.3 is 11.9 Å². The maximum Gasteiger partial charge on any atom is 0.306 e. The van der Waals surface area contributed by atoms with Crippen molar-refractivity contribution in [3.8, 4) is 0 Å². The number of carbonyl (C=O) groups is 2. The molecule has 6 nitrogen and oxygen atoms in total. The second-order valence-electron chi connectivity index (χ2n) is 15.7. The zero-order chi connectivity index (χ0) is 37.6. The van der Waals surface area contributed by atoms with Crippen LogP contribution in [0.2, 0.25) is 0 Å². The molecule has 2 unspecified atom stereocenters. The Morgan fingerprint density at radius 2 is 0.863 bits per heavy atom. The second-order valence-corrected chi connectivity index (χ2v) is 15.7. The molecule has 0 bridgehead atoms. The van der Waals surface area contributed by atoms with Gasteiger partial charge < -0.3 is 19.3 Å². The first kappa shape index (κ1) is 49.9. The molecule has 0 aliphatic heterocycles. The first-order valence-electron chi connectivity index (χ1n) is 22.7. The first-order chi connectivity index (χ1) is 24.9. The van der Waals surface area contributed by atoms with Crippen molar-refractivity contribution in [1.82, 2.24) is 9.80 Å². The SMILES string of the molecule is CCCCCCCCC(CCCCCC)OC(=O)CCCCCCCN(CCCCCC(=O)OCC(C)CCCCCCC)CCN(CC)CC. The summed E-state index contributed by atoms with van der Waals surface area (Å²) in [4.78, 5) is 30.2. The van der Waals surface area contributed by atoms with Crippen LogP contribution in [0, 0.1) is 5.92 Å². The Hall–Kier alpha value is -1.14. The molecule has 0 aromatic carbocycles. The molecular weight excluding hydrogens is 633 g/mol. The van der Waals surface area contributed by atoms with E-state index in [1.807, 2.05) is 0 Å². The van der Waals surface area contributed by atoms with Crippen LogP contribution in [-0.2, 0) is 19.1 Å². The predicted molar refractivity (Wildman–Crippen MR) is 221 cm³/mol. The minimum absolute atomic E-state index is 0.0186. The van der Waals surface area contributed by atoms with Crippen molar-refractivity contribution in [2.45, 2.75) is 227 Å².